The van der Waals surface area contributed by atoms with Crippen LogP contribution >= 0.6 is 0 Å². The van der Waals surface area contributed by atoms with E-state index in [9.17, 15) is 9.59 Å². The van der Waals surface area contributed by atoms with Crippen LogP contribution in [0.1, 0.15) is 18.4 Å². The van der Waals surface area contributed by atoms with Gasteiger partial charge in [-0.15, -0.1) is 0 Å². The number of nitriles is 1. The van der Waals surface area contributed by atoms with Gasteiger partial charge in [-0.25, -0.2) is 0 Å². The molecule has 5 heteroatoms. The zero-order valence-corrected chi connectivity index (χ0v) is 14.5. The summed E-state index contributed by atoms with van der Waals surface area (Å²) in [7, 11) is 0. The van der Waals surface area contributed by atoms with E-state index >= 15 is 0 Å². The van der Waals surface area contributed by atoms with Crippen molar-refractivity contribution >= 4 is 22.6 Å². The monoisotopic (exact) mass is 347 g/mol. The second kappa shape index (κ2) is 6.80. The second-order valence-electron chi connectivity index (χ2n) is 7.24. The van der Waals surface area contributed by atoms with Gasteiger partial charge in [0.1, 0.15) is 5.92 Å². The molecule has 0 aliphatic carbocycles. The van der Waals surface area contributed by atoms with Crippen molar-refractivity contribution in [2.75, 3.05) is 13.1 Å². The highest BCUT2D eigenvalue weighted by atomic mass is 16.2. The van der Waals surface area contributed by atoms with Crippen LogP contribution in [0.5, 0.6) is 0 Å². The molecule has 0 saturated carbocycles. The van der Waals surface area contributed by atoms with Crippen molar-refractivity contribution in [2.45, 2.75) is 25.3 Å². The first-order valence-electron chi connectivity index (χ1n) is 9.10. The van der Waals surface area contributed by atoms with Crippen LogP contribution in [0, 0.1) is 23.2 Å². The molecule has 0 radical (unpaired) electrons. The van der Waals surface area contributed by atoms with Crippen LogP contribution in [0.15, 0.2) is 42.5 Å². The molecule has 26 heavy (non-hydrogen) atoms. The molecule has 3 atom stereocenters. The normalized spacial score (nSPS) is 25.3. The Balaban J connectivity index is 1.47. The number of piperidine rings is 2. The van der Waals surface area contributed by atoms with Crippen LogP contribution in [-0.2, 0) is 16.0 Å². The summed E-state index contributed by atoms with van der Waals surface area (Å²) >= 11 is 0. The Morgan fingerprint density at radius 2 is 2.04 bits per heavy atom. The van der Waals surface area contributed by atoms with Crippen molar-refractivity contribution in [1.29, 1.82) is 5.26 Å². The fourth-order valence-corrected chi connectivity index (χ4v) is 4.21. The van der Waals surface area contributed by atoms with Gasteiger partial charge in [0, 0.05) is 19.1 Å². The molecule has 3 unspecified atom stereocenters. The first-order chi connectivity index (χ1) is 12.7. The molecule has 2 heterocycles. The van der Waals surface area contributed by atoms with Gasteiger partial charge in [-0.05, 0) is 35.1 Å². The highest BCUT2D eigenvalue weighted by Crippen LogP contribution is 2.29. The van der Waals surface area contributed by atoms with E-state index < -0.39 is 5.92 Å². The third kappa shape index (κ3) is 3.03. The van der Waals surface area contributed by atoms with Crippen molar-refractivity contribution < 1.29 is 9.59 Å². The van der Waals surface area contributed by atoms with Gasteiger partial charge >= 0.3 is 0 Å². The number of carbonyl (C=O) groups excluding carboxylic acids is 2. The number of amides is 2. The van der Waals surface area contributed by atoms with E-state index in [4.69, 9.17) is 5.26 Å². The maximum atomic E-state index is 12.9. The van der Waals surface area contributed by atoms with Crippen LogP contribution in [-0.4, -0.2) is 35.8 Å². The highest BCUT2D eigenvalue weighted by Gasteiger charge is 2.39. The summed E-state index contributed by atoms with van der Waals surface area (Å²) < 4.78 is 0. The Kier molecular flexibility index (Phi) is 4.34. The lowest BCUT2D eigenvalue weighted by atomic mass is 9.80. The molecular formula is C21H21N3O2. The number of carbonyl (C=O) groups is 2. The lowest BCUT2D eigenvalue weighted by molar-refractivity contribution is -0.135. The molecule has 0 spiro atoms. The van der Waals surface area contributed by atoms with E-state index in [1.54, 1.807) is 0 Å². The highest BCUT2D eigenvalue weighted by molar-refractivity contribution is 5.90. The summed E-state index contributed by atoms with van der Waals surface area (Å²) in [6.07, 6.45) is 1.69. The van der Waals surface area contributed by atoms with E-state index in [-0.39, 0.29) is 23.8 Å². The van der Waals surface area contributed by atoms with Crippen LogP contribution in [0.4, 0.5) is 0 Å². The van der Waals surface area contributed by atoms with Gasteiger partial charge in [-0.3, -0.25) is 9.59 Å². The summed E-state index contributed by atoms with van der Waals surface area (Å²) in [6.45, 7) is 1.27. The number of hydrogen-bond acceptors (Lipinski definition) is 3. The van der Waals surface area contributed by atoms with E-state index in [2.05, 4.69) is 29.6 Å². The minimum Gasteiger partial charge on any atom is -0.352 e. The van der Waals surface area contributed by atoms with Crippen LogP contribution < -0.4 is 5.32 Å². The lowest BCUT2D eigenvalue weighted by Gasteiger charge is -2.42. The van der Waals surface area contributed by atoms with Crippen LogP contribution in [0.25, 0.3) is 10.8 Å². The molecule has 2 saturated heterocycles. The number of benzene rings is 2. The topological polar surface area (TPSA) is 73.2 Å². The lowest BCUT2D eigenvalue weighted by Crippen LogP contribution is -2.57. The Morgan fingerprint density at radius 3 is 2.88 bits per heavy atom. The summed E-state index contributed by atoms with van der Waals surface area (Å²) in [6, 6.07) is 16.3. The Morgan fingerprint density at radius 1 is 1.23 bits per heavy atom. The standard InChI is InChI=1S/C21H21N3O2/c22-12-16-10-17-13-24(9-8-19(17)23-21(16)26)20(25)11-15-6-3-5-14-4-1-2-7-18(14)15/h1-7,16-17,19H,8-11,13H2,(H,23,26). The summed E-state index contributed by atoms with van der Waals surface area (Å²) in [5.41, 5.74) is 1.04. The Hall–Kier alpha value is -2.87. The molecule has 0 aromatic heterocycles. The van der Waals surface area contributed by atoms with Crippen LogP contribution in [0.3, 0.4) is 0 Å². The number of hydrogen-bond donors (Lipinski definition) is 1. The molecule has 1 N–H and O–H groups in total. The molecular weight excluding hydrogens is 326 g/mol. The number of rotatable bonds is 2. The molecule has 2 aliphatic heterocycles. The molecule has 132 valence electrons. The number of fused-ring (bicyclic) bond motifs is 2. The third-order valence-corrected chi connectivity index (χ3v) is 5.65. The van der Waals surface area contributed by atoms with E-state index in [1.165, 1.54) is 0 Å². The van der Waals surface area contributed by atoms with Gasteiger partial charge in [0.25, 0.3) is 0 Å². The number of likely N-dealkylation sites (tertiary alicyclic amines) is 1. The fourth-order valence-electron chi connectivity index (χ4n) is 4.21. The van der Waals surface area contributed by atoms with E-state index in [0.717, 1.165) is 22.8 Å². The number of nitrogens with one attached hydrogen (secondary N) is 1. The quantitative estimate of drug-likeness (QED) is 0.906. The molecule has 2 amide bonds. The van der Waals surface area contributed by atoms with Crippen molar-refractivity contribution in [3.63, 3.8) is 0 Å². The van der Waals surface area contributed by atoms with Crippen LogP contribution in [0.2, 0.25) is 0 Å². The molecule has 2 fully saturated rings. The number of nitrogens with zero attached hydrogens (tertiary/aromatic N) is 2. The van der Waals surface area contributed by atoms with Gasteiger partial charge in [0.2, 0.25) is 11.8 Å². The third-order valence-electron chi connectivity index (χ3n) is 5.65. The Labute approximate surface area is 152 Å². The average Bonchev–Trinajstić information content (AvgIpc) is 2.67. The zero-order chi connectivity index (χ0) is 18.1. The predicted molar refractivity (Wildman–Crippen MR) is 98.0 cm³/mol. The average molecular weight is 347 g/mol. The largest absolute Gasteiger partial charge is 0.352 e. The van der Waals surface area contributed by atoms with Gasteiger partial charge in [0.05, 0.1) is 12.5 Å². The van der Waals surface area contributed by atoms with Crippen molar-refractivity contribution in [1.82, 2.24) is 10.2 Å². The zero-order valence-electron chi connectivity index (χ0n) is 14.5. The SMILES string of the molecule is N#CC1CC2CN(C(=O)Cc3cccc4ccccc34)CCC2NC1=O. The first kappa shape index (κ1) is 16.6. The maximum absolute atomic E-state index is 12.9. The molecule has 2 aromatic carbocycles. The smallest absolute Gasteiger partial charge is 0.237 e. The summed E-state index contributed by atoms with van der Waals surface area (Å²) in [5, 5.41) is 14.3. The van der Waals surface area contributed by atoms with E-state index in [0.29, 0.717) is 25.9 Å². The van der Waals surface area contributed by atoms with Gasteiger partial charge in [-0.2, -0.15) is 5.26 Å². The minimum atomic E-state index is -0.593. The molecule has 4 rings (SSSR count). The summed E-state index contributed by atoms with van der Waals surface area (Å²) in [5.74, 6) is -0.471. The maximum Gasteiger partial charge on any atom is 0.237 e. The molecule has 0 bridgehead atoms. The molecule has 2 aliphatic rings. The second-order valence-corrected chi connectivity index (χ2v) is 7.24. The fraction of sp³-hybridized carbons (Fsp3) is 0.381. The van der Waals surface area contributed by atoms with Gasteiger partial charge in [0.15, 0.2) is 0 Å². The van der Waals surface area contributed by atoms with Gasteiger partial charge < -0.3 is 10.2 Å². The minimum absolute atomic E-state index is 0.0914. The predicted octanol–water partition coefficient (Wildman–Crippen LogP) is 2.26. The van der Waals surface area contributed by atoms with Crippen molar-refractivity contribution in [2.24, 2.45) is 11.8 Å². The molecule has 5 nitrogen and oxygen atoms in total. The first-order valence-corrected chi connectivity index (χ1v) is 9.10. The summed E-state index contributed by atoms with van der Waals surface area (Å²) in [4.78, 5) is 26.6. The van der Waals surface area contributed by atoms with Crippen molar-refractivity contribution in [3.8, 4) is 6.07 Å². The van der Waals surface area contributed by atoms with Gasteiger partial charge in [-0.1, -0.05) is 42.5 Å². The molecule has 2 aromatic rings. The van der Waals surface area contributed by atoms with Crippen molar-refractivity contribution in [3.05, 3.63) is 48.0 Å². The Bertz CT molecular complexity index is 896. The van der Waals surface area contributed by atoms with E-state index in [1.807, 2.05) is 29.2 Å².